The molecular weight excluding hydrogens is 276 g/mol. The van der Waals surface area contributed by atoms with Gasteiger partial charge in [0.05, 0.1) is 6.54 Å². The minimum Gasteiger partial charge on any atom is -0.448 e. The Morgan fingerprint density at radius 3 is 2.70 bits per heavy atom. The summed E-state index contributed by atoms with van der Waals surface area (Å²) in [6.07, 6.45) is -0.466. The van der Waals surface area contributed by atoms with Gasteiger partial charge in [-0.3, -0.25) is 9.69 Å². The normalized spacial score (nSPS) is 17.6. The van der Waals surface area contributed by atoms with Crippen molar-refractivity contribution in [3.63, 3.8) is 0 Å². The third-order valence-corrected chi connectivity index (χ3v) is 4.69. The number of benzene rings is 1. The summed E-state index contributed by atoms with van der Waals surface area (Å²) in [4.78, 5) is 24.8. The van der Waals surface area contributed by atoms with Crippen LogP contribution in [0.15, 0.2) is 30.3 Å². The lowest BCUT2D eigenvalue weighted by Gasteiger charge is -2.33. The highest BCUT2D eigenvalue weighted by molar-refractivity contribution is 7.98. The Bertz CT molecular complexity index is 494. The summed E-state index contributed by atoms with van der Waals surface area (Å²) >= 11 is 1.58. The number of hydrogen-bond acceptors (Lipinski definition) is 4. The quantitative estimate of drug-likeness (QED) is 0.865. The first kappa shape index (κ1) is 14.7. The monoisotopic (exact) mass is 294 g/mol. The lowest BCUT2D eigenvalue weighted by atomic mass is 10.0. The predicted molar refractivity (Wildman–Crippen MR) is 78.3 cm³/mol. The highest BCUT2D eigenvalue weighted by Gasteiger charge is 2.43. The molecule has 0 saturated carbocycles. The van der Waals surface area contributed by atoms with Crippen LogP contribution in [0.25, 0.3) is 0 Å². The highest BCUT2D eigenvalue weighted by Crippen LogP contribution is 2.26. The predicted octanol–water partition coefficient (Wildman–Crippen LogP) is 1.62. The molecule has 0 bridgehead atoms. The van der Waals surface area contributed by atoms with Gasteiger partial charge in [-0.1, -0.05) is 30.3 Å². The van der Waals surface area contributed by atoms with E-state index in [2.05, 4.69) is 0 Å². The van der Waals surface area contributed by atoms with Crippen LogP contribution in [0.5, 0.6) is 0 Å². The van der Waals surface area contributed by atoms with Gasteiger partial charge in [-0.15, -0.1) is 0 Å². The number of rotatable bonds is 6. The molecule has 1 aliphatic rings. The van der Waals surface area contributed by atoms with Crippen molar-refractivity contribution in [2.75, 3.05) is 18.9 Å². The van der Waals surface area contributed by atoms with Crippen LogP contribution in [0, 0.1) is 0 Å². The van der Waals surface area contributed by atoms with E-state index in [0.717, 1.165) is 5.75 Å². The van der Waals surface area contributed by atoms with E-state index in [1.165, 1.54) is 10.5 Å². The maximum atomic E-state index is 11.8. The number of amides is 2. The van der Waals surface area contributed by atoms with E-state index >= 15 is 0 Å². The molecule has 2 amide bonds. The minimum absolute atomic E-state index is 0.311. The molecule has 5 nitrogen and oxygen atoms in total. The van der Waals surface area contributed by atoms with Crippen molar-refractivity contribution >= 4 is 23.8 Å². The van der Waals surface area contributed by atoms with Gasteiger partial charge in [0, 0.05) is 11.5 Å². The molecule has 2 rings (SSSR count). The SMILES string of the molecule is C[C@](CSCc1ccccc1)(C(N)=O)N1CCOC1=O. The zero-order valence-electron chi connectivity index (χ0n) is 11.4. The lowest BCUT2D eigenvalue weighted by molar-refractivity contribution is -0.126. The average molecular weight is 294 g/mol. The van der Waals surface area contributed by atoms with Gasteiger partial charge in [0.25, 0.3) is 0 Å². The molecule has 0 aromatic heterocycles. The molecule has 108 valence electrons. The molecule has 2 N–H and O–H groups in total. The van der Waals surface area contributed by atoms with Crippen molar-refractivity contribution < 1.29 is 14.3 Å². The van der Waals surface area contributed by atoms with Gasteiger partial charge in [-0.2, -0.15) is 11.8 Å². The minimum atomic E-state index is -1.01. The molecule has 0 aliphatic carbocycles. The number of carbonyl (C=O) groups is 2. The van der Waals surface area contributed by atoms with Crippen LogP contribution in [0.1, 0.15) is 12.5 Å². The standard InChI is InChI=1S/C14H18N2O3S/c1-14(12(15)17,16-7-8-19-13(16)18)10-20-9-11-5-3-2-4-6-11/h2-6H,7-10H2,1H3,(H2,15,17)/t14-/m0/s1. The van der Waals surface area contributed by atoms with Gasteiger partial charge >= 0.3 is 6.09 Å². The Morgan fingerprint density at radius 2 is 2.15 bits per heavy atom. The molecule has 20 heavy (non-hydrogen) atoms. The van der Waals surface area contributed by atoms with E-state index in [1.807, 2.05) is 30.3 Å². The number of primary amides is 1. The van der Waals surface area contributed by atoms with Crippen LogP contribution in [0.4, 0.5) is 4.79 Å². The van der Waals surface area contributed by atoms with Crippen LogP contribution in [-0.4, -0.2) is 41.3 Å². The molecule has 1 fully saturated rings. The first-order chi connectivity index (χ1) is 9.54. The van der Waals surface area contributed by atoms with Gasteiger partial charge < -0.3 is 10.5 Å². The van der Waals surface area contributed by atoms with Crippen LogP contribution in [0.3, 0.4) is 0 Å². The van der Waals surface area contributed by atoms with E-state index < -0.39 is 17.5 Å². The second-order valence-corrected chi connectivity index (χ2v) is 5.87. The van der Waals surface area contributed by atoms with E-state index in [1.54, 1.807) is 18.7 Å². The number of carbonyl (C=O) groups excluding carboxylic acids is 2. The molecule has 1 heterocycles. The molecule has 0 radical (unpaired) electrons. The maximum Gasteiger partial charge on any atom is 0.410 e. The third-order valence-electron chi connectivity index (χ3n) is 3.38. The Hall–Kier alpha value is -1.69. The Labute approximate surface area is 122 Å². The van der Waals surface area contributed by atoms with Crippen LogP contribution in [0.2, 0.25) is 0 Å². The average Bonchev–Trinajstić information content (AvgIpc) is 2.86. The van der Waals surface area contributed by atoms with Crippen LogP contribution in [-0.2, 0) is 15.3 Å². The van der Waals surface area contributed by atoms with Crippen LogP contribution < -0.4 is 5.73 Å². The molecule has 1 saturated heterocycles. The topological polar surface area (TPSA) is 72.6 Å². The molecule has 1 atom stereocenters. The van der Waals surface area contributed by atoms with Gasteiger partial charge in [-0.05, 0) is 12.5 Å². The third kappa shape index (κ3) is 3.07. The van der Waals surface area contributed by atoms with Crippen molar-refractivity contribution in [3.8, 4) is 0 Å². The fraction of sp³-hybridized carbons (Fsp3) is 0.429. The number of hydrogen-bond donors (Lipinski definition) is 1. The van der Waals surface area contributed by atoms with Crippen molar-refractivity contribution in [3.05, 3.63) is 35.9 Å². The molecule has 1 aliphatic heterocycles. The number of nitrogens with two attached hydrogens (primary N) is 1. The number of thioether (sulfide) groups is 1. The van der Waals surface area contributed by atoms with Crippen molar-refractivity contribution in [1.29, 1.82) is 0 Å². The summed E-state index contributed by atoms with van der Waals surface area (Å²) in [5.74, 6) is 0.718. The molecular formula is C14H18N2O3S. The van der Waals surface area contributed by atoms with Gasteiger partial charge in [0.1, 0.15) is 12.1 Å². The molecule has 0 unspecified atom stereocenters. The summed E-state index contributed by atoms with van der Waals surface area (Å²) in [5.41, 5.74) is 5.66. The van der Waals surface area contributed by atoms with Crippen molar-refractivity contribution in [2.45, 2.75) is 18.2 Å². The number of nitrogens with zero attached hydrogens (tertiary/aromatic N) is 1. The summed E-state index contributed by atoms with van der Waals surface area (Å²) in [5, 5.41) is 0. The zero-order valence-corrected chi connectivity index (χ0v) is 12.2. The van der Waals surface area contributed by atoms with E-state index in [0.29, 0.717) is 18.9 Å². The van der Waals surface area contributed by atoms with E-state index in [4.69, 9.17) is 10.5 Å². The Morgan fingerprint density at radius 1 is 1.45 bits per heavy atom. The lowest BCUT2D eigenvalue weighted by Crippen LogP contribution is -2.57. The summed E-state index contributed by atoms with van der Waals surface area (Å²) in [7, 11) is 0. The smallest absolute Gasteiger partial charge is 0.410 e. The zero-order chi connectivity index (χ0) is 14.6. The van der Waals surface area contributed by atoms with Gasteiger partial charge in [-0.25, -0.2) is 4.79 Å². The molecule has 6 heteroatoms. The fourth-order valence-electron chi connectivity index (χ4n) is 2.07. The molecule has 0 spiro atoms. The number of cyclic esters (lactones) is 1. The van der Waals surface area contributed by atoms with Crippen molar-refractivity contribution in [2.24, 2.45) is 5.73 Å². The Kier molecular flexibility index (Phi) is 4.54. The van der Waals surface area contributed by atoms with E-state index in [-0.39, 0.29) is 0 Å². The van der Waals surface area contributed by atoms with E-state index in [9.17, 15) is 9.59 Å². The van der Waals surface area contributed by atoms with Crippen molar-refractivity contribution in [1.82, 2.24) is 4.90 Å². The van der Waals surface area contributed by atoms with Crippen LogP contribution >= 0.6 is 11.8 Å². The van der Waals surface area contributed by atoms with Gasteiger partial charge in [0.15, 0.2) is 0 Å². The first-order valence-corrected chi connectivity index (χ1v) is 7.55. The summed E-state index contributed by atoms with van der Waals surface area (Å²) in [6, 6.07) is 9.96. The maximum absolute atomic E-state index is 11.8. The summed E-state index contributed by atoms with van der Waals surface area (Å²) < 4.78 is 4.90. The first-order valence-electron chi connectivity index (χ1n) is 6.40. The second kappa shape index (κ2) is 6.17. The number of ether oxygens (including phenoxy) is 1. The van der Waals surface area contributed by atoms with Gasteiger partial charge in [0.2, 0.25) is 5.91 Å². The molecule has 1 aromatic rings. The second-order valence-electron chi connectivity index (χ2n) is 4.88. The fourth-order valence-corrected chi connectivity index (χ4v) is 3.29. The largest absolute Gasteiger partial charge is 0.448 e. The summed E-state index contributed by atoms with van der Waals surface area (Å²) in [6.45, 7) is 2.41. The Balaban J connectivity index is 1.99. The highest BCUT2D eigenvalue weighted by atomic mass is 32.2. The molecule has 1 aromatic carbocycles.